The molecule has 0 aromatic carbocycles. The molecule has 0 unspecified atom stereocenters. The molecule has 25 heavy (non-hydrogen) atoms. The minimum Gasteiger partial charge on any atom is -0.444 e. The Kier molecular flexibility index (Phi) is 9.01. The van der Waals surface area contributed by atoms with E-state index in [9.17, 15) is 4.79 Å². The summed E-state index contributed by atoms with van der Waals surface area (Å²) in [6.07, 6.45) is 0.412. The molecule has 2 N–H and O–H groups in total. The summed E-state index contributed by atoms with van der Waals surface area (Å²) in [5.74, 6) is 0.957. The molecule has 1 aliphatic heterocycles. The van der Waals surface area contributed by atoms with Gasteiger partial charge in [-0.05, 0) is 48.0 Å². The summed E-state index contributed by atoms with van der Waals surface area (Å²) < 4.78 is 5.21. The van der Waals surface area contributed by atoms with Crippen LogP contribution in [0.2, 0.25) is 0 Å². The van der Waals surface area contributed by atoms with Gasteiger partial charge in [0.2, 0.25) is 0 Å². The Bertz CT molecular complexity index is 470. The molecule has 1 amide bonds. The number of aliphatic imine (C=N–C) groups is 1. The Balaban J connectivity index is 0.00000576. The lowest BCUT2D eigenvalue weighted by Gasteiger charge is -2.62. The first kappa shape index (κ1) is 24.3. The molecule has 0 spiro atoms. The van der Waals surface area contributed by atoms with Crippen LogP contribution in [0.25, 0.3) is 0 Å². The van der Waals surface area contributed by atoms with Gasteiger partial charge in [-0.2, -0.15) is 0 Å². The van der Waals surface area contributed by atoms with Crippen molar-refractivity contribution >= 4 is 36.0 Å². The standard InChI is InChI=1S/C18H36N4O2.HI/c1-9-19-14(22-13-17(5,6)18(22,7)8)20-11-10-12-21-15(23)24-16(2,3)4;/h9-13H2,1-8H3,(H,19,20)(H,21,23);1H. The molecule has 7 heteroatoms. The molecule has 0 aromatic rings. The van der Waals surface area contributed by atoms with E-state index in [0.29, 0.717) is 13.1 Å². The van der Waals surface area contributed by atoms with E-state index in [0.717, 1.165) is 25.5 Å². The van der Waals surface area contributed by atoms with Crippen molar-refractivity contribution in [2.45, 2.75) is 73.0 Å². The monoisotopic (exact) mass is 468 g/mol. The fourth-order valence-corrected chi connectivity index (χ4v) is 2.56. The average Bonchev–Trinajstić information content (AvgIpc) is 2.41. The molecule has 0 aliphatic carbocycles. The summed E-state index contributed by atoms with van der Waals surface area (Å²) in [5, 5.41) is 6.14. The van der Waals surface area contributed by atoms with Crippen molar-refractivity contribution in [3.63, 3.8) is 0 Å². The summed E-state index contributed by atoms with van der Waals surface area (Å²) in [6.45, 7) is 19.8. The number of alkyl carbamates (subject to hydrolysis) is 1. The van der Waals surface area contributed by atoms with Crippen LogP contribution in [-0.4, -0.2) is 54.3 Å². The predicted octanol–water partition coefficient (Wildman–Crippen LogP) is 3.61. The highest BCUT2D eigenvalue weighted by Crippen LogP contribution is 2.46. The van der Waals surface area contributed by atoms with Crippen molar-refractivity contribution in [2.75, 3.05) is 26.2 Å². The number of guanidine groups is 1. The number of nitrogens with one attached hydrogen (secondary N) is 2. The van der Waals surface area contributed by atoms with E-state index in [1.54, 1.807) is 0 Å². The number of hydrogen-bond donors (Lipinski definition) is 2. The number of ether oxygens (including phenoxy) is 1. The van der Waals surface area contributed by atoms with Gasteiger partial charge >= 0.3 is 6.09 Å². The molecule has 1 aliphatic rings. The maximum absolute atomic E-state index is 11.6. The van der Waals surface area contributed by atoms with E-state index in [-0.39, 0.29) is 41.0 Å². The molecule has 1 saturated heterocycles. The van der Waals surface area contributed by atoms with Gasteiger partial charge in [-0.3, -0.25) is 4.99 Å². The number of carbonyl (C=O) groups excluding carboxylic acids is 1. The van der Waals surface area contributed by atoms with Crippen LogP contribution in [-0.2, 0) is 4.74 Å². The first-order valence-corrected chi connectivity index (χ1v) is 8.93. The third kappa shape index (κ3) is 6.83. The largest absolute Gasteiger partial charge is 0.444 e. The highest BCUT2D eigenvalue weighted by atomic mass is 127. The highest BCUT2D eigenvalue weighted by molar-refractivity contribution is 14.0. The lowest BCUT2D eigenvalue weighted by atomic mass is 9.65. The minimum atomic E-state index is -0.462. The first-order valence-electron chi connectivity index (χ1n) is 8.93. The Hall–Kier alpha value is -0.730. The number of likely N-dealkylation sites (tertiary alicyclic amines) is 1. The highest BCUT2D eigenvalue weighted by Gasteiger charge is 2.53. The molecule has 0 radical (unpaired) electrons. The van der Waals surface area contributed by atoms with E-state index in [1.807, 2.05) is 20.8 Å². The third-order valence-electron chi connectivity index (χ3n) is 4.74. The van der Waals surface area contributed by atoms with Gasteiger partial charge in [-0.1, -0.05) is 13.8 Å². The molecule has 148 valence electrons. The average molecular weight is 468 g/mol. The number of amides is 1. The smallest absolute Gasteiger partial charge is 0.407 e. The molecule has 1 rings (SSSR count). The van der Waals surface area contributed by atoms with E-state index in [2.05, 4.69) is 50.2 Å². The zero-order valence-corrected chi connectivity index (χ0v) is 19.5. The third-order valence-corrected chi connectivity index (χ3v) is 4.74. The van der Waals surface area contributed by atoms with Crippen molar-refractivity contribution in [3.8, 4) is 0 Å². The molecule has 0 atom stereocenters. The van der Waals surface area contributed by atoms with Crippen molar-refractivity contribution in [3.05, 3.63) is 0 Å². The number of hydrogen-bond acceptors (Lipinski definition) is 3. The summed E-state index contributed by atoms with van der Waals surface area (Å²) in [7, 11) is 0. The molecule has 6 nitrogen and oxygen atoms in total. The molecular weight excluding hydrogens is 431 g/mol. The van der Waals surface area contributed by atoms with Crippen LogP contribution in [0, 0.1) is 5.41 Å². The fourth-order valence-electron chi connectivity index (χ4n) is 2.56. The lowest BCUT2D eigenvalue weighted by Crippen LogP contribution is -2.72. The maximum atomic E-state index is 11.6. The van der Waals surface area contributed by atoms with Gasteiger partial charge in [0.15, 0.2) is 5.96 Å². The van der Waals surface area contributed by atoms with E-state index in [1.165, 1.54) is 0 Å². The topological polar surface area (TPSA) is 66.0 Å². The molecule has 0 aromatic heterocycles. The Morgan fingerprint density at radius 2 is 1.80 bits per heavy atom. The number of carbonyl (C=O) groups is 1. The summed E-state index contributed by atoms with van der Waals surface area (Å²) >= 11 is 0. The maximum Gasteiger partial charge on any atom is 0.407 e. The molecule has 0 saturated carbocycles. The lowest BCUT2D eigenvalue weighted by molar-refractivity contribution is -0.0667. The van der Waals surface area contributed by atoms with Crippen LogP contribution in [0.1, 0.15) is 61.8 Å². The van der Waals surface area contributed by atoms with Crippen molar-refractivity contribution < 1.29 is 9.53 Å². The fraction of sp³-hybridized carbons (Fsp3) is 0.889. The molecule has 1 heterocycles. The number of rotatable bonds is 5. The zero-order chi connectivity index (χ0) is 18.6. The van der Waals surface area contributed by atoms with Crippen LogP contribution in [0.15, 0.2) is 4.99 Å². The second kappa shape index (κ2) is 9.28. The van der Waals surface area contributed by atoms with Gasteiger partial charge in [0.1, 0.15) is 5.60 Å². The summed E-state index contributed by atoms with van der Waals surface area (Å²) in [5.41, 5.74) is -0.0967. The van der Waals surface area contributed by atoms with Crippen LogP contribution in [0.5, 0.6) is 0 Å². The summed E-state index contributed by atoms with van der Waals surface area (Å²) in [4.78, 5) is 18.6. The van der Waals surface area contributed by atoms with Gasteiger partial charge < -0.3 is 20.3 Å². The van der Waals surface area contributed by atoms with E-state index < -0.39 is 5.60 Å². The normalized spacial score (nSPS) is 18.7. The van der Waals surface area contributed by atoms with Gasteiger partial charge in [0, 0.05) is 37.1 Å². The second-order valence-electron chi connectivity index (χ2n) is 8.55. The van der Waals surface area contributed by atoms with Gasteiger partial charge in [0.05, 0.1) is 0 Å². The van der Waals surface area contributed by atoms with Gasteiger partial charge in [-0.25, -0.2) is 4.79 Å². The quantitative estimate of drug-likeness (QED) is 0.280. The second-order valence-corrected chi connectivity index (χ2v) is 8.55. The van der Waals surface area contributed by atoms with Crippen molar-refractivity contribution in [1.29, 1.82) is 0 Å². The number of halogens is 1. The first-order chi connectivity index (χ1) is 10.9. The molecule has 1 fully saturated rings. The number of nitrogens with zero attached hydrogens (tertiary/aromatic N) is 2. The summed E-state index contributed by atoms with van der Waals surface area (Å²) in [6, 6.07) is 0. The van der Waals surface area contributed by atoms with Gasteiger partial charge in [0.25, 0.3) is 0 Å². The van der Waals surface area contributed by atoms with Crippen LogP contribution in [0.4, 0.5) is 4.79 Å². The predicted molar refractivity (Wildman–Crippen MR) is 115 cm³/mol. The molecule has 0 bridgehead atoms. The minimum absolute atomic E-state index is 0. The Morgan fingerprint density at radius 1 is 1.20 bits per heavy atom. The van der Waals surface area contributed by atoms with Crippen LogP contribution < -0.4 is 10.6 Å². The molecular formula is C18H37IN4O2. The van der Waals surface area contributed by atoms with Crippen molar-refractivity contribution in [1.82, 2.24) is 15.5 Å². The van der Waals surface area contributed by atoms with Crippen molar-refractivity contribution in [2.24, 2.45) is 10.4 Å². The van der Waals surface area contributed by atoms with Crippen LogP contribution >= 0.6 is 24.0 Å². The van der Waals surface area contributed by atoms with Crippen LogP contribution in [0.3, 0.4) is 0 Å². The zero-order valence-electron chi connectivity index (χ0n) is 17.2. The Morgan fingerprint density at radius 3 is 2.24 bits per heavy atom. The SMILES string of the molecule is CCNC(=NCCCNC(=O)OC(C)(C)C)N1CC(C)(C)C1(C)C.I. The van der Waals surface area contributed by atoms with E-state index in [4.69, 9.17) is 9.73 Å². The van der Waals surface area contributed by atoms with Gasteiger partial charge in [-0.15, -0.1) is 24.0 Å². The Labute approximate surface area is 170 Å². The van der Waals surface area contributed by atoms with E-state index >= 15 is 0 Å².